The summed E-state index contributed by atoms with van der Waals surface area (Å²) in [5, 5.41) is 5.42. The molecular formula is C27H22ClFN4O4. The van der Waals surface area contributed by atoms with Crippen LogP contribution >= 0.6 is 11.6 Å². The zero-order valence-corrected chi connectivity index (χ0v) is 21.0. The Morgan fingerprint density at radius 3 is 2.73 bits per heavy atom. The maximum Gasteiger partial charge on any atom is 0.275 e. The monoisotopic (exact) mass is 520 g/mol. The lowest BCUT2D eigenvalue weighted by Crippen LogP contribution is -2.35. The van der Waals surface area contributed by atoms with Gasteiger partial charge in [-0.2, -0.15) is 5.10 Å². The number of aromatic nitrogens is 3. The summed E-state index contributed by atoms with van der Waals surface area (Å²) in [5.41, 5.74) is 2.04. The minimum atomic E-state index is -0.504. The Morgan fingerprint density at radius 2 is 1.97 bits per heavy atom. The smallest absolute Gasteiger partial charge is 0.275 e. The second kappa shape index (κ2) is 9.67. The van der Waals surface area contributed by atoms with E-state index in [2.05, 4.69) is 10.1 Å². The van der Waals surface area contributed by atoms with Crippen LogP contribution < -0.4 is 15.2 Å². The summed E-state index contributed by atoms with van der Waals surface area (Å²) in [5.74, 6) is -0.00920. The average molecular weight is 521 g/mol. The first kappa shape index (κ1) is 24.5. The van der Waals surface area contributed by atoms with E-state index >= 15 is 0 Å². The number of hydrogen-bond donors (Lipinski definition) is 0. The predicted molar refractivity (Wildman–Crippen MR) is 140 cm³/mol. The Morgan fingerprint density at radius 1 is 1.16 bits per heavy atom. The molecule has 0 N–H and O–H groups in total. The quantitative estimate of drug-likeness (QED) is 0.299. The number of likely N-dealkylation sites (N-methyl/N-ethyl adjacent to an activating group) is 1. The number of oxazole rings is 1. The highest BCUT2D eigenvalue weighted by Crippen LogP contribution is 2.33. The zero-order chi connectivity index (χ0) is 26.3. The topological polar surface area (TPSA) is 90.5 Å². The number of hydrogen-bond acceptors (Lipinski definition) is 6. The van der Waals surface area contributed by atoms with Crippen LogP contribution in [0.5, 0.6) is 5.75 Å². The molecule has 0 spiro atoms. The molecule has 2 heterocycles. The third-order valence-corrected chi connectivity index (χ3v) is 6.23. The summed E-state index contributed by atoms with van der Waals surface area (Å²) in [4.78, 5) is 32.4. The Bertz CT molecular complexity index is 1730. The predicted octanol–water partition coefficient (Wildman–Crippen LogP) is 5.37. The molecule has 0 aliphatic heterocycles. The molecule has 1 amide bonds. The molecule has 0 bridgehead atoms. The van der Waals surface area contributed by atoms with Gasteiger partial charge in [0.15, 0.2) is 11.5 Å². The van der Waals surface area contributed by atoms with Gasteiger partial charge in [0, 0.05) is 36.7 Å². The van der Waals surface area contributed by atoms with Crippen molar-refractivity contribution in [2.24, 2.45) is 0 Å². The van der Waals surface area contributed by atoms with Gasteiger partial charge in [-0.3, -0.25) is 9.59 Å². The van der Waals surface area contributed by atoms with Crippen LogP contribution in [0.4, 0.5) is 10.1 Å². The third kappa shape index (κ3) is 4.65. The van der Waals surface area contributed by atoms with Crippen LogP contribution in [0.1, 0.15) is 12.8 Å². The van der Waals surface area contributed by atoms with Crippen molar-refractivity contribution in [1.29, 1.82) is 0 Å². The Balaban J connectivity index is 1.60. The van der Waals surface area contributed by atoms with Crippen LogP contribution in [0, 0.1) is 12.7 Å². The van der Waals surface area contributed by atoms with Crippen molar-refractivity contribution >= 4 is 45.1 Å². The normalized spacial score (nSPS) is 11.3. The summed E-state index contributed by atoms with van der Waals surface area (Å²) in [6, 6.07) is 14.1. The molecule has 0 radical (unpaired) electrons. The lowest BCUT2D eigenvalue weighted by atomic mass is 10.0. The highest BCUT2D eigenvalue weighted by molar-refractivity contribution is 6.33. The number of fused-ring (bicyclic) bond motifs is 2. The highest BCUT2D eigenvalue weighted by Gasteiger charge is 2.20. The van der Waals surface area contributed by atoms with E-state index in [1.165, 1.54) is 23.1 Å². The molecule has 0 saturated carbocycles. The lowest BCUT2D eigenvalue weighted by molar-refractivity contribution is -0.119. The van der Waals surface area contributed by atoms with Crippen LogP contribution in [0.2, 0.25) is 5.02 Å². The molecule has 10 heteroatoms. The van der Waals surface area contributed by atoms with Gasteiger partial charge >= 0.3 is 0 Å². The minimum absolute atomic E-state index is 0.246. The summed E-state index contributed by atoms with van der Waals surface area (Å²) in [6.07, 6.45) is 0. The molecular weight excluding hydrogens is 499 g/mol. The van der Waals surface area contributed by atoms with Gasteiger partial charge in [0.1, 0.15) is 23.6 Å². The fourth-order valence-electron chi connectivity index (χ4n) is 4.12. The van der Waals surface area contributed by atoms with Crippen molar-refractivity contribution in [2.45, 2.75) is 20.4 Å². The van der Waals surface area contributed by atoms with E-state index in [9.17, 15) is 14.0 Å². The molecule has 5 rings (SSSR count). The molecule has 37 heavy (non-hydrogen) atoms. The molecule has 0 unspecified atom stereocenters. The molecule has 0 fully saturated rings. The number of rotatable bonds is 6. The molecule has 5 aromatic rings. The number of anilines is 1. The van der Waals surface area contributed by atoms with Crippen LogP contribution in [-0.4, -0.2) is 34.3 Å². The van der Waals surface area contributed by atoms with Gasteiger partial charge in [0.2, 0.25) is 5.91 Å². The van der Waals surface area contributed by atoms with Crippen molar-refractivity contribution < 1.29 is 18.3 Å². The standard InChI is InChI=1S/C27H22ClFN4O4/c1-4-36-23-13-20-19(12-21(23)28)26(16-6-5-7-17(29)10-16)31-33(27(20)35)14-25(34)32(3)18-8-9-22-24(11-18)37-15(2)30-22/h5-13H,4,14H2,1-3H3. The molecule has 2 aromatic heterocycles. The van der Waals surface area contributed by atoms with E-state index in [1.54, 1.807) is 57.3 Å². The second-order valence-corrected chi connectivity index (χ2v) is 8.83. The third-order valence-electron chi connectivity index (χ3n) is 5.94. The van der Waals surface area contributed by atoms with Crippen molar-refractivity contribution in [3.63, 3.8) is 0 Å². The summed E-state index contributed by atoms with van der Waals surface area (Å²) in [6.45, 7) is 3.54. The SMILES string of the molecule is CCOc1cc2c(=O)n(CC(=O)N(C)c3ccc4nc(C)oc4c3)nc(-c3cccc(F)c3)c2cc1Cl. The second-order valence-electron chi connectivity index (χ2n) is 8.42. The first-order valence-corrected chi connectivity index (χ1v) is 11.9. The van der Waals surface area contributed by atoms with Gasteiger partial charge in [-0.15, -0.1) is 0 Å². The first-order valence-electron chi connectivity index (χ1n) is 11.5. The largest absolute Gasteiger partial charge is 0.492 e. The van der Waals surface area contributed by atoms with Gasteiger partial charge in [0.25, 0.3) is 5.56 Å². The molecule has 188 valence electrons. The van der Waals surface area contributed by atoms with Gasteiger partial charge in [-0.1, -0.05) is 23.7 Å². The van der Waals surface area contributed by atoms with E-state index < -0.39 is 17.3 Å². The summed E-state index contributed by atoms with van der Waals surface area (Å²) < 4.78 is 26.3. The van der Waals surface area contributed by atoms with Crippen LogP contribution in [-0.2, 0) is 11.3 Å². The molecule has 0 aliphatic carbocycles. The fourth-order valence-corrected chi connectivity index (χ4v) is 4.34. The first-order chi connectivity index (χ1) is 17.7. The molecule has 0 saturated heterocycles. The maximum absolute atomic E-state index is 14.1. The van der Waals surface area contributed by atoms with E-state index in [0.717, 1.165) is 4.68 Å². The number of carbonyl (C=O) groups excluding carboxylic acids is 1. The number of halogens is 2. The van der Waals surface area contributed by atoms with Crippen LogP contribution in [0.15, 0.2) is 63.8 Å². The molecule has 0 aliphatic rings. The number of nitrogens with zero attached hydrogens (tertiary/aromatic N) is 4. The Kier molecular flexibility index (Phi) is 6.39. The zero-order valence-electron chi connectivity index (χ0n) is 20.3. The number of benzene rings is 3. The summed E-state index contributed by atoms with van der Waals surface area (Å²) in [7, 11) is 1.60. The van der Waals surface area contributed by atoms with Crippen molar-refractivity contribution in [1.82, 2.24) is 14.8 Å². The Labute approximate surface area is 215 Å². The van der Waals surface area contributed by atoms with E-state index in [-0.39, 0.29) is 11.9 Å². The van der Waals surface area contributed by atoms with Gasteiger partial charge in [-0.05, 0) is 43.3 Å². The molecule has 8 nitrogen and oxygen atoms in total. The molecule has 3 aromatic carbocycles. The Hall–Kier alpha value is -4.24. The van der Waals surface area contributed by atoms with Crippen molar-refractivity contribution in [2.75, 3.05) is 18.6 Å². The van der Waals surface area contributed by atoms with E-state index in [1.807, 2.05) is 0 Å². The minimum Gasteiger partial charge on any atom is -0.492 e. The van der Waals surface area contributed by atoms with E-state index in [0.29, 0.717) is 56.7 Å². The van der Waals surface area contributed by atoms with Gasteiger partial charge in [0.05, 0.1) is 22.7 Å². The van der Waals surface area contributed by atoms with E-state index in [4.69, 9.17) is 20.8 Å². The summed E-state index contributed by atoms with van der Waals surface area (Å²) >= 11 is 6.39. The number of aryl methyl sites for hydroxylation is 1. The van der Waals surface area contributed by atoms with Crippen LogP contribution in [0.3, 0.4) is 0 Å². The maximum atomic E-state index is 14.1. The lowest BCUT2D eigenvalue weighted by Gasteiger charge is -2.18. The number of ether oxygens (including phenoxy) is 1. The van der Waals surface area contributed by atoms with Gasteiger partial charge < -0.3 is 14.1 Å². The fraction of sp³-hybridized carbons (Fsp3) is 0.185. The van der Waals surface area contributed by atoms with Crippen LogP contribution in [0.25, 0.3) is 33.1 Å². The number of carbonyl (C=O) groups is 1. The number of amides is 1. The van der Waals surface area contributed by atoms with Gasteiger partial charge in [-0.25, -0.2) is 14.1 Å². The highest BCUT2D eigenvalue weighted by atomic mass is 35.5. The average Bonchev–Trinajstić information content (AvgIpc) is 3.25. The molecule has 0 atom stereocenters. The van der Waals surface area contributed by atoms with Crippen molar-refractivity contribution in [3.05, 3.63) is 81.7 Å². The van der Waals surface area contributed by atoms with Crippen molar-refractivity contribution in [3.8, 4) is 17.0 Å².